The lowest BCUT2D eigenvalue weighted by molar-refractivity contribution is 0.102. The van der Waals surface area contributed by atoms with Crippen molar-refractivity contribution in [2.45, 2.75) is 39.2 Å². The predicted molar refractivity (Wildman–Crippen MR) is 119 cm³/mol. The van der Waals surface area contributed by atoms with Gasteiger partial charge < -0.3 is 15.0 Å². The molecule has 2 aromatic rings. The molecule has 1 N–H and O–H groups in total. The summed E-state index contributed by atoms with van der Waals surface area (Å²) < 4.78 is 5.20. The van der Waals surface area contributed by atoms with Crippen molar-refractivity contribution >= 4 is 22.2 Å². The highest BCUT2D eigenvalue weighted by atomic mass is 32.1. The third-order valence-electron chi connectivity index (χ3n) is 6.15. The number of fused-ring (bicyclic) bond motifs is 1. The van der Waals surface area contributed by atoms with Crippen LogP contribution in [0.3, 0.4) is 0 Å². The predicted octanol–water partition coefficient (Wildman–Crippen LogP) is 4.03. The first-order valence-corrected chi connectivity index (χ1v) is 11.5. The second kappa shape index (κ2) is 9.28. The van der Waals surface area contributed by atoms with Gasteiger partial charge in [-0.2, -0.15) is 0 Å². The minimum atomic E-state index is -0.0386. The molecule has 4 rings (SSSR count). The van der Waals surface area contributed by atoms with Crippen molar-refractivity contribution in [1.82, 2.24) is 9.80 Å². The van der Waals surface area contributed by atoms with E-state index in [1.807, 2.05) is 24.3 Å². The van der Waals surface area contributed by atoms with Gasteiger partial charge >= 0.3 is 0 Å². The summed E-state index contributed by atoms with van der Waals surface area (Å²) in [7, 11) is 1.64. The first kappa shape index (κ1) is 20.4. The molecular formula is C23H31N3O2S. The van der Waals surface area contributed by atoms with Crippen LogP contribution in [-0.4, -0.2) is 55.5 Å². The van der Waals surface area contributed by atoms with Gasteiger partial charge in [0.1, 0.15) is 10.8 Å². The summed E-state index contributed by atoms with van der Waals surface area (Å²) in [4.78, 5) is 19.4. The number of rotatable bonds is 6. The molecule has 1 aliphatic carbocycles. The van der Waals surface area contributed by atoms with Crippen molar-refractivity contribution in [2.24, 2.45) is 0 Å². The summed E-state index contributed by atoms with van der Waals surface area (Å²) in [5.41, 5.74) is 3.53. The monoisotopic (exact) mass is 413 g/mol. The minimum Gasteiger partial charge on any atom is -0.497 e. The molecule has 1 amide bonds. The number of hydrogen-bond donors (Lipinski definition) is 1. The maximum atomic E-state index is 12.9. The van der Waals surface area contributed by atoms with Crippen LogP contribution in [0.25, 0.3) is 0 Å². The average Bonchev–Trinajstić information content (AvgIpc) is 3.11. The maximum Gasteiger partial charge on any atom is 0.256 e. The summed E-state index contributed by atoms with van der Waals surface area (Å²) in [6.45, 7) is 8.78. The van der Waals surface area contributed by atoms with E-state index in [1.165, 1.54) is 28.8 Å². The smallest absolute Gasteiger partial charge is 0.256 e. The molecule has 1 aliphatic heterocycles. The van der Waals surface area contributed by atoms with Crippen LogP contribution in [0.4, 0.5) is 5.00 Å². The Labute approximate surface area is 177 Å². The Kier molecular flexibility index (Phi) is 6.53. The van der Waals surface area contributed by atoms with Crippen molar-refractivity contribution in [3.63, 3.8) is 0 Å². The highest BCUT2D eigenvalue weighted by Crippen LogP contribution is 2.39. The molecule has 0 atom stereocenters. The van der Waals surface area contributed by atoms with Gasteiger partial charge in [-0.3, -0.25) is 9.69 Å². The van der Waals surface area contributed by atoms with Gasteiger partial charge in [0.25, 0.3) is 5.91 Å². The number of nitrogens with zero attached hydrogens (tertiary/aromatic N) is 2. The summed E-state index contributed by atoms with van der Waals surface area (Å²) in [6.07, 6.45) is 4.81. The van der Waals surface area contributed by atoms with Crippen molar-refractivity contribution < 1.29 is 9.53 Å². The zero-order valence-corrected chi connectivity index (χ0v) is 18.3. The van der Waals surface area contributed by atoms with Crippen LogP contribution in [0.15, 0.2) is 24.3 Å². The Balaban J connectivity index is 1.52. The van der Waals surface area contributed by atoms with Gasteiger partial charge in [-0.1, -0.05) is 6.92 Å². The Morgan fingerprint density at radius 2 is 1.76 bits per heavy atom. The Morgan fingerprint density at radius 3 is 2.45 bits per heavy atom. The number of thiophene rings is 1. The molecule has 0 spiro atoms. The molecule has 0 radical (unpaired) electrons. The molecule has 0 saturated carbocycles. The van der Waals surface area contributed by atoms with Crippen LogP contribution in [-0.2, 0) is 19.4 Å². The average molecular weight is 414 g/mol. The van der Waals surface area contributed by atoms with Gasteiger partial charge in [0.2, 0.25) is 0 Å². The third kappa shape index (κ3) is 4.65. The number of hydrogen-bond acceptors (Lipinski definition) is 5. The second-order valence-corrected chi connectivity index (χ2v) is 9.02. The SMILES string of the molecule is CCN1CCN(Cc2c(NC(=O)c3ccc(OC)cc3)sc3c2CCCC3)CC1. The molecule has 1 aromatic heterocycles. The number of ether oxygens (including phenoxy) is 1. The van der Waals surface area contributed by atoms with E-state index >= 15 is 0 Å². The second-order valence-electron chi connectivity index (χ2n) is 7.91. The molecular weight excluding hydrogens is 382 g/mol. The lowest BCUT2D eigenvalue weighted by Crippen LogP contribution is -2.45. The van der Waals surface area contributed by atoms with Crippen LogP contribution < -0.4 is 10.1 Å². The number of carbonyl (C=O) groups is 1. The van der Waals surface area contributed by atoms with Gasteiger partial charge in [0.15, 0.2) is 0 Å². The first-order valence-electron chi connectivity index (χ1n) is 10.7. The lowest BCUT2D eigenvalue weighted by Gasteiger charge is -2.34. The Bertz CT molecular complexity index is 839. The van der Waals surface area contributed by atoms with E-state index in [0.717, 1.165) is 62.9 Å². The molecule has 156 valence electrons. The first-order chi connectivity index (χ1) is 14.2. The van der Waals surface area contributed by atoms with Gasteiger partial charge in [-0.05, 0) is 62.1 Å². The molecule has 2 aliphatic rings. The maximum absolute atomic E-state index is 12.9. The quantitative estimate of drug-likeness (QED) is 0.777. The van der Waals surface area contributed by atoms with E-state index in [-0.39, 0.29) is 5.91 Å². The summed E-state index contributed by atoms with van der Waals surface area (Å²) in [6, 6.07) is 7.32. The van der Waals surface area contributed by atoms with Crippen molar-refractivity contribution in [3.05, 3.63) is 45.8 Å². The normalized spacial score (nSPS) is 17.7. The van der Waals surface area contributed by atoms with E-state index < -0.39 is 0 Å². The number of piperazine rings is 1. The van der Waals surface area contributed by atoms with Crippen LogP contribution in [0.5, 0.6) is 5.75 Å². The topological polar surface area (TPSA) is 44.8 Å². The van der Waals surface area contributed by atoms with Crippen LogP contribution >= 0.6 is 11.3 Å². The number of methoxy groups -OCH3 is 1. The molecule has 1 saturated heterocycles. The largest absolute Gasteiger partial charge is 0.497 e. The zero-order valence-electron chi connectivity index (χ0n) is 17.5. The molecule has 0 unspecified atom stereocenters. The van der Waals surface area contributed by atoms with E-state index in [0.29, 0.717) is 5.56 Å². The van der Waals surface area contributed by atoms with Crippen LogP contribution in [0.2, 0.25) is 0 Å². The number of nitrogens with one attached hydrogen (secondary N) is 1. The number of benzene rings is 1. The van der Waals surface area contributed by atoms with Gasteiger partial charge in [0, 0.05) is 48.7 Å². The molecule has 29 heavy (non-hydrogen) atoms. The summed E-state index contributed by atoms with van der Waals surface area (Å²) in [5.74, 6) is 0.725. The minimum absolute atomic E-state index is 0.0386. The molecule has 5 nitrogen and oxygen atoms in total. The van der Waals surface area contributed by atoms with Crippen molar-refractivity contribution in [2.75, 3.05) is 45.2 Å². The zero-order chi connectivity index (χ0) is 20.2. The fourth-order valence-electron chi connectivity index (χ4n) is 4.30. The van der Waals surface area contributed by atoms with Crippen molar-refractivity contribution in [1.29, 1.82) is 0 Å². The van der Waals surface area contributed by atoms with Gasteiger partial charge in [-0.25, -0.2) is 0 Å². The molecule has 2 heterocycles. The lowest BCUT2D eigenvalue weighted by atomic mass is 9.95. The molecule has 0 bridgehead atoms. The third-order valence-corrected chi connectivity index (χ3v) is 7.40. The summed E-state index contributed by atoms with van der Waals surface area (Å²) in [5, 5.41) is 4.28. The fourth-order valence-corrected chi connectivity index (χ4v) is 5.60. The standard InChI is InChI=1S/C23H31N3O2S/c1-3-25-12-14-26(15-13-25)16-20-19-6-4-5-7-21(19)29-23(20)24-22(27)17-8-10-18(28-2)11-9-17/h8-11H,3-7,12-16H2,1-2H3,(H,24,27). The van der Waals surface area contributed by atoms with E-state index in [2.05, 4.69) is 22.0 Å². The van der Waals surface area contributed by atoms with Crippen LogP contribution in [0.1, 0.15) is 46.1 Å². The number of likely N-dealkylation sites (N-methyl/N-ethyl adjacent to an activating group) is 1. The van der Waals surface area contributed by atoms with E-state index in [4.69, 9.17) is 4.74 Å². The summed E-state index contributed by atoms with van der Waals surface area (Å²) >= 11 is 1.79. The number of amides is 1. The van der Waals surface area contributed by atoms with Gasteiger partial charge in [0.05, 0.1) is 7.11 Å². The van der Waals surface area contributed by atoms with Crippen LogP contribution in [0, 0.1) is 0 Å². The van der Waals surface area contributed by atoms with E-state index in [9.17, 15) is 4.79 Å². The number of anilines is 1. The number of carbonyl (C=O) groups excluding carboxylic acids is 1. The number of aryl methyl sites for hydroxylation is 1. The highest BCUT2D eigenvalue weighted by molar-refractivity contribution is 7.16. The highest BCUT2D eigenvalue weighted by Gasteiger charge is 2.25. The molecule has 1 fully saturated rings. The Morgan fingerprint density at radius 1 is 1.07 bits per heavy atom. The molecule has 6 heteroatoms. The van der Waals surface area contributed by atoms with Gasteiger partial charge in [-0.15, -0.1) is 11.3 Å². The molecule has 1 aromatic carbocycles. The van der Waals surface area contributed by atoms with Crippen molar-refractivity contribution in [3.8, 4) is 5.75 Å². The van der Waals surface area contributed by atoms with E-state index in [1.54, 1.807) is 18.4 Å². The fraction of sp³-hybridized carbons (Fsp3) is 0.522. The Hall–Kier alpha value is -1.89.